The number of hydrogen-bond acceptors (Lipinski definition) is 6. The van der Waals surface area contributed by atoms with Crippen molar-refractivity contribution in [2.45, 2.75) is 37.4 Å². The molecular formula is C20H23FN8. The van der Waals surface area contributed by atoms with Gasteiger partial charge in [0.15, 0.2) is 5.83 Å². The molecule has 1 fully saturated rings. The lowest BCUT2D eigenvalue weighted by molar-refractivity contribution is 0.350. The number of hydrogen-bond donors (Lipinski definition) is 4. The first-order valence-corrected chi connectivity index (χ1v) is 9.70. The predicted octanol–water partition coefficient (Wildman–Crippen LogP) is 2.74. The van der Waals surface area contributed by atoms with E-state index in [0.29, 0.717) is 17.6 Å². The summed E-state index contributed by atoms with van der Waals surface area (Å²) in [6.45, 7) is 2.01. The zero-order valence-electron chi connectivity index (χ0n) is 16.3. The van der Waals surface area contributed by atoms with Crippen molar-refractivity contribution in [1.29, 1.82) is 0 Å². The summed E-state index contributed by atoms with van der Waals surface area (Å²) < 4.78 is 14.7. The van der Waals surface area contributed by atoms with Gasteiger partial charge >= 0.3 is 0 Å². The predicted molar refractivity (Wildman–Crippen MR) is 108 cm³/mol. The first-order valence-electron chi connectivity index (χ1n) is 9.70. The smallest absolute Gasteiger partial charge is 0.210 e. The summed E-state index contributed by atoms with van der Waals surface area (Å²) in [6, 6.07) is 7.60. The van der Waals surface area contributed by atoms with Crippen LogP contribution in [0.15, 0.2) is 47.5 Å². The van der Waals surface area contributed by atoms with Gasteiger partial charge < -0.3 is 15.2 Å². The molecular weight excluding hydrogens is 371 g/mol. The van der Waals surface area contributed by atoms with E-state index < -0.39 is 11.5 Å². The van der Waals surface area contributed by atoms with Crippen LogP contribution in [0.5, 0.6) is 0 Å². The highest BCUT2D eigenvalue weighted by atomic mass is 19.1. The number of nitrogens with two attached hydrogens (primary N) is 1. The van der Waals surface area contributed by atoms with E-state index in [4.69, 9.17) is 10.7 Å². The van der Waals surface area contributed by atoms with E-state index in [1.165, 1.54) is 6.20 Å². The maximum absolute atomic E-state index is 14.7. The average molecular weight is 394 g/mol. The van der Waals surface area contributed by atoms with Crippen LogP contribution >= 0.6 is 0 Å². The summed E-state index contributed by atoms with van der Waals surface area (Å²) >= 11 is 0. The Morgan fingerprint density at radius 2 is 2.14 bits per heavy atom. The topological polar surface area (TPSA) is 111 Å². The summed E-state index contributed by atoms with van der Waals surface area (Å²) in [5, 5.41) is 10.1. The van der Waals surface area contributed by atoms with E-state index in [0.717, 1.165) is 35.3 Å². The zero-order valence-corrected chi connectivity index (χ0v) is 16.3. The second-order valence-corrected chi connectivity index (χ2v) is 7.75. The molecule has 0 radical (unpaired) electrons. The van der Waals surface area contributed by atoms with Gasteiger partial charge in [-0.3, -0.25) is 10.8 Å². The van der Waals surface area contributed by atoms with Gasteiger partial charge in [-0.2, -0.15) is 5.10 Å². The van der Waals surface area contributed by atoms with Crippen LogP contribution in [0.1, 0.15) is 48.8 Å². The van der Waals surface area contributed by atoms with Gasteiger partial charge in [0.2, 0.25) is 11.6 Å². The number of rotatable bonds is 4. The van der Waals surface area contributed by atoms with Crippen molar-refractivity contribution in [2.75, 3.05) is 7.05 Å². The number of fused-ring (bicyclic) bond motifs is 1. The number of nitrogens with zero attached hydrogens (tertiary/aromatic N) is 4. The van der Waals surface area contributed by atoms with Crippen LogP contribution in [0.25, 0.3) is 11.0 Å². The molecule has 0 amide bonds. The van der Waals surface area contributed by atoms with Gasteiger partial charge in [-0.15, -0.1) is 0 Å². The fourth-order valence-electron chi connectivity index (χ4n) is 3.55. The van der Waals surface area contributed by atoms with Crippen LogP contribution in [-0.4, -0.2) is 38.1 Å². The normalized spacial score (nSPS) is 22.8. The minimum atomic E-state index is -1.66. The molecule has 5 rings (SSSR count). The van der Waals surface area contributed by atoms with E-state index in [1.807, 2.05) is 49.3 Å². The molecule has 0 saturated heterocycles. The Balaban J connectivity index is 1.44. The minimum absolute atomic E-state index is 0.111. The molecule has 0 bridgehead atoms. The van der Waals surface area contributed by atoms with Crippen LogP contribution in [-0.2, 0) is 5.66 Å². The van der Waals surface area contributed by atoms with Gasteiger partial charge in [-0.1, -0.05) is 0 Å². The quantitative estimate of drug-likeness (QED) is 0.544. The third-order valence-electron chi connectivity index (χ3n) is 5.75. The van der Waals surface area contributed by atoms with Crippen LogP contribution < -0.4 is 11.1 Å². The molecule has 8 nitrogen and oxygen atoms in total. The Morgan fingerprint density at radius 1 is 1.31 bits per heavy atom. The van der Waals surface area contributed by atoms with Gasteiger partial charge in [-0.25, -0.2) is 14.4 Å². The second kappa shape index (κ2) is 6.41. The molecule has 1 aliphatic heterocycles. The van der Waals surface area contributed by atoms with Crippen molar-refractivity contribution in [3.05, 3.63) is 59.6 Å². The van der Waals surface area contributed by atoms with E-state index >= 15 is 0 Å². The lowest BCUT2D eigenvalue weighted by atomic mass is 10.0. The molecule has 1 unspecified atom stereocenters. The van der Waals surface area contributed by atoms with E-state index in [1.54, 1.807) is 0 Å². The number of aliphatic imine (C=N–C) groups is 1. The summed E-state index contributed by atoms with van der Waals surface area (Å²) in [6.07, 6.45) is 5.34. The summed E-state index contributed by atoms with van der Waals surface area (Å²) in [7, 11) is 1.87. The SMILES string of the molecule is C[C@@H](c1ccc2[nH]ccc2n1)N(C)C1=NC(N)(c2cc(C3CC3)[nH]n2)C(F)=CN1. The fraction of sp³-hybridized carbons (Fsp3) is 0.350. The molecule has 3 aromatic rings. The van der Waals surface area contributed by atoms with Crippen molar-refractivity contribution in [2.24, 2.45) is 10.7 Å². The molecule has 4 heterocycles. The van der Waals surface area contributed by atoms with Crippen LogP contribution in [0.3, 0.4) is 0 Å². The summed E-state index contributed by atoms with van der Waals surface area (Å²) in [5.41, 5.74) is 8.83. The standard InChI is InChI=1S/C20H23FN8/c1-11(13-5-6-14-15(25-13)7-8-23-14)29(2)19-24-10-17(21)20(22,26-19)18-9-16(27-28-18)12-3-4-12/h5-12,23H,3-4,22H2,1-2H3,(H,24,26)(H,27,28)/t11-,20?/m0/s1. The average Bonchev–Trinajstić information content (AvgIpc) is 3.26. The first kappa shape index (κ1) is 17.9. The molecule has 2 aliphatic rings. The van der Waals surface area contributed by atoms with Gasteiger partial charge in [-0.05, 0) is 44.0 Å². The Hall–Kier alpha value is -3.20. The zero-order chi connectivity index (χ0) is 20.2. The molecule has 0 aromatic carbocycles. The van der Waals surface area contributed by atoms with Gasteiger partial charge in [0, 0.05) is 31.1 Å². The van der Waals surface area contributed by atoms with Crippen LogP contribution in [0.4, 0.5) is 4.39 Å². The Labute approximate surface area is 167 Å². The minimum Gasteiger partial charge on any atom is -0.360 e. The molecule has 3 aromatic heterocycles. The highest BCUT2D eigenvalue weighted by Crippen LogP contribution is 2.41. The van der Waals surface area contributed by atoms with Gasteiger partial charge in [0.05, 0.1) is 22.8 Å². The number of H-pyrrole nitrogens is 2. The molecule has 0 spiro atoms. The van der Waals surface area contributed by atoms with Gasteiger partial charge in [0.25, 0.3) is 0 Å². The summed E-state index contributed by atoms with van der Waals surface area (Å²) in [5.74, 6) is 0.338. The van der Waals surface area contributed by atoms with Crippen molar-refractivity contribution in [3.8, 4) is 0 Å². The van der Waals surface area contributed by atoms with E-state index in [2.05, 4.69) is 25.5 Å². The van der Waals surface area contributed by atoms with Gasteiger partial charge in [0.1, 0.15) is 5.69 Å². The largest absolute Gasteiger partial charge is 0.360 e. The number of nitrogens with one attached hydrogen (secondary N) is 3. The molecule has 2 atom stereocenters. The second-order valence-electron chi connectivity index (χ2n) is 7.75. The monoisotopic (exact) mass is 394 g/mol. The van der Waals surface area contributed by atoms with Crippen LogP contribution in [0.2, 0.25) is 0 Å². The van der Waals surface area contributed by atoms with Crippen molar-refractivity contribution < 1.29 is 4.39 Å². The molecule has 1 saturated carbocycles. The maximum Gasteiger partial charge on any atom is 0.210 e. The van der Waals surface area contributed by atoms with Crippen molar-refractivity contribution in [1.82, 2.24) is 30.4 Å². The van der Waals surface area contributed by atoms with Crippen LogP contribution in [0, 0.1) is 0 Å². The number of halogens is 1. The third kappa shape index (κ3) is 2.98. The molecule has 9 heteroatoms. The molecule has 29 heavy (non-hydrogen) atoms. The van der Waals surface area contributed by atoms with Crippen molar-refractivity contribution >= 4 is 17.0 Å². The maximum atomic E-state index is 14.7. The van der Waals surface area contributed by atoms with Crippen molar-refractivity contribution in [3.63, 3.8) is 0 Å². The molecule has 5 N–H and O–H groups in total. The summed E-state index contributed by atoms with van der Waals surface area (Å²) in [4.78, 5) is 14.2. The van der Waals surface area contributed by atoms with E-state index in [9.17, 15) is 4.39 Å². The molecule has 150 valence electrons. The number of guanidine groups is 1. The number of aromatic nitrogens is 4. The highest BCUT2D eigenvalue weighted by molar-refractivity contribution is 5.83. The fourth-order valence-corrected chi connectivity index (χ4v) is 3.55. The Kier molecular flexibility index (Phi) is 3.95. The first-order chi connectivity index (χ1) is 14.0. The Bertz CT molecular complexity index is 1120. The number of aromatic amines is 2. The number of pyridine rings is 1. The highest BCUT2D eigenvalue weighted by Gasteiger charge is 2.40. The lowest BCUT2D eigenvalue weighted by Crippen LogP contribution is -2.48. The molecule has 1 aliphatic carbocycles. The lowest BCUT2D eigenvalue weighted by Gasteiger charge is -2.33. The third-order valence-corrected chi connectivity index (χ3v) is 5.75. The Morgan fingerprint density at radius 3 is 2.93 bits per heavy atom. The van der Waals surface area contributed by atoms with E-state index in [-0.39, 0.29) is 6.04 Å².